The quantitative estimate of drug-likeness (QED) is 0.281. The Hall–Kier alpha value is -1.46. The number of rotatable bonds is 9. The molecular weight excluding hydrogens is 524 g/mol. The molecule has 0 spiro atoms. The van der Waals surface area contributed by atoms with Crippen molar-refractivity contribution in [2.45, 2.75) is 145 Å². The first kappa shape index (κ1) is 33.4. The van der Waals surface area contributed by atoms with Crippen molar-refractivity contribution in [3.8, 4) is 0 Å². The minimum atomic E-state index is -0.840. The SMILES string of the molecule is CCCCN(CC1(C)CCC(C)(C)C(NC(=O)OCC2(C)CCCC3(C)C4CCC(C(C)C)CC4CCC23)C1)C(=O)O. The van der Waals surface area contributed by atoms with Crippen molar-refractivity contribution in [2.24, 2.45) is 51.2 Å². The van der Waals surface area contributed by atoms with E-state index in [0.29, 0.717) is 31.0 Å². The van der Waals surface area contributed by atoms with Gasteiger partial charge in [-0.05, 0) is 116 Å². The van der Waals surface area contributed by atoms with Gasteiger partial charge in [-0.3, -0.25) is 0 Å². The van der Waals surface area contributed by atoms with Gasteiger partial charge in [-0.25, -0.2) is 9.59 Å². The predicted octanol–water partition coefficient (Wildman–Crippen LogP) is 9.37. The molecule has 42 heavy (non-hydrogen) atoms. The summed E-state index contributed by atoms with van der Waals surface area (Å²) in [4.78, 5) is 26.9. The molecular formula is C36H64N2O4. The largest absolute Gasteiger partial charge is 0.465 e. The predicted molar refractivity (Wildman–Crippen MR) is 170 cm³/mol. The summed E-state index contributed by atoms with van der Waals surface area (Å²) in [6.07, 6.45) is 13.9. The highest BCUT2D eigenvalue weighted by atomic mass is 16.5. The van der Waals surface area contributed by atoms with Crippen LogP contribution in [0.25, 0.3) is 0 Å². The van der Waals surface area contributed by atoms with Crippen LogP contribution in [0.1, 0.15) is 139 Å². The van der Waals surface area contributed by atoms with Crippen molar-refractivity contribution in [3.05, 3.63) is 0 Å². The Bertz CT molecular complexity index is 951. The van der Waals surface area contributed by atoms with E-state index in [9.17, 15) is 14.7 Å². The second-order valence-corrected chi connectivity index (χ2v) is 17.2. The van der Waals surface area contributed by atoms with Crippen LogP contribution in [0, 0.1) is 51.2 Å². The molecule has 4 aliphatic rings. The van der Waals surface area contributed by atoms with E-state index in [1.165, 1.54) is 44.9 Å². The van der Waals surface area contributed by atoms with Gasteiger partial charge >= 0.3 is 12.2 Å². The van der Waals surface area contributed by atoms with Crippen LogP contribution in [0.4, 0.5) is 9.59 Å². The lowest BCUT2D eigenvalue weighted by Gasteiger charge is -2.61. The molecule has 0 aromatic heterocycles. The fourth-order valence-corrected chi connectivity index (χ4v) is 10.3. The lowest BCUT2D eigenvalue weighted by Crippen LogP contribution is -2.56. The number of carbonyl (C=O) groups is 2. The van der Waals surface area contributed by atoms with Crippen LogP contribution in [0.5, 0.6) is 0 Å². The molecule has 0 aliphatic heterocycles. The number of hydrogen-bond donors (Lipinski definition) is 2. The number of carbonyl (C=O) groups excluding carboxylic acids is 1. The Morgan fingerprint density at radius 3 is 2.40 bits per heavy atom. The van der Waals surface area contributed by atoms with E-state index in [2.05, 4.69) is 60.7 Å². The smallest absolute Gasteiger partial charge is 0.407 e. The minimum Gasteiger partial charge on any atom is -0.465 e. The molecule has 2 amide bonds. The Balaban J connectivity index is 1.38. The molecule has 6 heteroatoms. The van der Waals surface area contributed by atoms with Crippen molar-refractivity contribution in [2.75, 3.05) is 19.7 Å². The van der Waals surface area contributed by atoms with Gasteiger partial charge in [-0.2, -0.15) is 0 Å². The molecule has 2 N–H and O–H groups in total. The lowest BCUT2D eigenvalue weighted by atomic mass is 9.44. The molecule has 8 atom stereocenters. The number of alkyl carbamates (subject to hydrolysis) is 1. The summed E-state index contributed by atoms with van der Waals surface area (Å²) in [5.74, 6) is 4.00. The van der Waals surface area contributed by atoms with Crippen LogP contribution in [0.2, 0.25) is 0 Å². The molecule has 0 aromatic carbocycles. The number of nitrogens with zero attached hydrogens (tertiary/aromatic N) is 1. The summed E-state index contributed by atoms with van der Waals surface area (Å²) in [5, 5.41) is 13.1. The number of ether oxygens (including phenoxy) is 1. The third-order valence-electron chi connectivity index (χ3n) is 13.2. The maximum Gasteiger partial charge on any atom is 0.407 e. The molecule has 8 unspecified atom stereocenters. The molecule has 6 nitrogen and oxygen atoms in total. The summed E-state index contributed by atoms with van der Waals surface area (Å²) < 4.78 is 6.15. The van der Waals surface area contributed by atoms with Gasteiger partial charge in [0.15, 0.2) is 0 Å². The molecule has 242 valence electrons. The second kappa shape index (κ2) is 12.9. The molecule has 0 bridgehead atoms. The first-order valence-electron chi connectivity index (χ1n) is 17.5. The molecule has 0 aromatic rings. The zero-order valence-corrected chi connectivity index (χ0v) is 28.4. The van der Waals surface area contributed by atoms with Gasteiger partial charge in [-0.15, -0.1) is 0 Å². The van der Waals surface area contributed by atoms with Crippen LogP contribution in [-0.2, 0) is 4.74 Å². The van der Waals surface area contributed by atoms with Crippen LogP contribution >= 0.6 is 0 Å². The van der Waals surface area contributed by atoms with Crippen LogP contribution in [0.3, 0.4) is 0 Å². The molecule has 0 heterocycles. The molecule has 0 saturated heterocycles. The number of fused-ring (bicyclic) bond motifs is 3. The number of unbranched alkanes of at least 4 members (excludes halogenated alkanes) is 1. The highest BCUT2D eigenvalue weighted by Crippen LogP contribution is 2.64. The molecule has 4 fully saturated rings. The number of carboxylic acid groups (broad SMARTS) is 1. The summed E-state index contributed by atoms with van der Waals surface area (Å²) in [5.41, 5.74) is 0.168. The second-order valence-electron chi connectivity index (χ2n) is 17.2. The van der Waals surface area contributed by atoms with Gasteiger partial charge in [0, 0.05) is 24.5 Å². The van der Waals surface area contributed by atoms with E-state index in [1.807, 2.05) is 0 Å². The van der Waals surface area contributed by atoms with Crippen molar-refractivity contribution < 1.29 is 19.4 Å². The van der Waals surface area contributed by atoms with Gasteiger partial charge in [0.1, 0.15) is 0 Å². The maximum atomic E-state index is 13.4. The minimum absolute atomic E-state index is 0.0298. The highest BCUT2D eigenvalue weighted by Gasteiger charge is 2.57. The normalized spacial score (nSPS) is 39.6. The van der Waals surface area contributed by atoms with Gasteiger partial charge < -0.3 is 20.1 Å². The van der Waals surface area contributed by atoms with E-state index >= 15 is 0 Å². The Kier molecular flexibility index (Phi) is 10.2. The Morgan fingerprint density at radius 1 is 1.00 bits per heavy atom. The van der Waals surface area contributed by atoms with Gasteiger partial charge in [0.25, 0.3) is 0 Å². The van der Waals surface area contributed by atoms with Crippen molar-refractivity contribution in [1.82, 2.24) is 10.2 Å². The number of nitrogens with one attached hydrogen (secondary N) is 1. The van der Waals surface area contributed by atoms with Gasteiger partial charge in [0.2, 0.25) is 0 Å². The molecule has 4 aliphatic carbocycles. The number of amides is 2. The molecule has 4 saturated carbocycles. The van der Waals surface area contributed by atoms with E-state index in [-0.39, 0.29) is 28.4 Å². The van der Waals surface area contributed by atoms with Crippen molar-refractivity contribution >= 4 is 12.2 Å². The summed E-state index contributed by atoms with van der Waals surface area (Å²) in [7, 11) is 0. The van der Waals surface area contributed by atoms with Crippen LogP contribution < -0.4 is 5.32 Å². The van der Waals surface area contributed by atoms with E-state index in [4.69, 9.17) is 4.74 Å². The summed E-state index contributed by atoms with van der Waals surface area (Å²) in [6.45, 7) is 20.1. The Morgan fingerprint density at radius 2 is 1.74 bits per heavy atom. The van der Waals surface area contributed by atoms with Gasteiger partial charge in [-0.1, -0.05) is 68.2 Å². The highest BCUT2D eigenvalue weighted by molar-refractivity contribution is 5.68. The van der Waals surface area contributed by atoms with Crippen molar-refractivity contribution in [3.63, 3.8) is 0 Å². The van der Waals surface area contributed by atoms with Gasteiger partial charge in [0.05, 0.1) is 6.61 Å². The fourth-order valence-electron chi connectivity index (χ4n) is 10.3. The summed E-state index contributed by atoms with van der Waals surface area (Å²) in [6, 6.07) is -0.0402. The first-order chi connectivity index (χ1) is 19.6. The average Bonchev–Trinajstić information content (AvgIpc) is 2.92. The molecule has 4 rings (SSSR count). The molecule has 0 radical (unpaired) electrons. The van der Waals surface area contributed by atoms with Crippen LogP contribution in [0.15, 0.2) is 0 Å². The monoisotopic (exact) mass is 588 g/mol. The topological polar surface area (TPSA) is 78.9 Å². The first-order valence-corrected chi connectivity index (χ1v) is 17.5. The van der Waals surface area contributed by atoms with Crippen LogP contribution in [-0.4, -0.2) is 47.9 Å². The zero-order valence-electron chi connectivity index (χ0n) is 28.4. The standard InChI is InChI=1S/C36H64N2O4/c1-9-10-20-38(32(40)41)23-34(6)19-18-33(4,5)30(22-34)37-31(39)42-24-35(7)16-11-17-36(8)28-14-12-26(25(2)3)21-27(28)13-15-29(35)36/h25-30H,9-24H2,1-8H3,(H,37,39)(H,40,41). The summed E-state index contributed by atoms with van der Waals surface area (Å²) >= 11 is 0. The van der Waals surface area contributed by atoms with Crippen molar-refractivity contribution in [1.29, 1.82) is 0 Å². The van der Waals surface area contributed by atoms with E-state index in [1.54, 1.807) is 4.90 Å². The lowest BCUT2D eigenvalue weighted by molar-refractivity contribution is -0.136. The third kappa shape index (κ3) is 7.09. The third-order valence-corrected chi connectivity index (χ3v) is 13.2. The zero-order chi connectivity index (χ0) is 30.9. The van der Waals surface area contributed by atoms with E-state index in [0.717, 1.165) is 62.2 Å². The maximum absolute atomic E-state index is 13.4. The number of hydrogen-bond acceptors (Lipinski definition) is 3. The Labute approximate surface area is 257 Å². The average molecular weight is 589 g/mol. The van der Waals surface area contributed by atoms with E-state index < -0.39 is 6.09 Å². The fraction of sp³-hybridized carbons (Fsp3) is 0.944.